The lowest BCUT2D eigenvalue weighted by atomic mass is 9.44. The number of rotatable bonds is 5. The summed E-state index contributed by atoms with van der Waals surface area (Å²) in [4.78, 5) is 40.1. The molecule has 3 aliphatic heterocycles. The lowest BCUT2D eigenvalue weighted by Gasteiger charge is -2.60. The van der Waals surface area contributed by atoms with Crippen LogP contribution in [-0.4, -0.2) is 89.8 Å². The third kappa shape index (κ3) is 6.70. The first-order valence-corrected chi connectivity index (χ1v) is 21.0. The molecule has 3 saturated heterocycles. The molecule has 0 amide bonds. The number of ether oxygens (including phenoxy) is 6. The number of carbonyl (C=O) groups excluding carboxylic acids is 3. The molecule has 0 aromatic rings. The molecule has 7 aliphatic rings. The molecule has 0 radical (unpaired) electrons. The fraction of sp³-hybridized carbons (Fsp3) is 0.930. The van der Waals surface area contributed by atoms with Gasteiger partial charge < -0.3 is 38.6 Å². The number of esters is 2. The minimum Gasteiger partial charge on any atom is -0.462 e. The molecule has 7 rings (SSSR count). The van der Waals surface area contributed by atoms with E-state index >= 15 is 0 Å². The quantitative estimate of drug-likeness (QED) is 0.252. The SMILES string of the molecule is C[C@@H]1CC[C@@]2(OC1)O[C@H]1C[C@H]3[C@@H]4CC[C@H]5C[C@@H](O[C@@H]6O[C@H](COC(=O)C(C)(C)C)[C@@H](O)[C@H](OC(=O)C(C)(C)C)[C@H]6O)CC[C@]5(C)[C@H]4CC(=O)[C@]3(C)[C@H]1[C@@H]2C. The van der Waals surface area contributed by atoms with Crippen LogP contribution in [-0.2, 0) is 42.8 Å². The lowest BCUT2D eigenvalue weighted by Crippen LogP contribution is -2.62. The van der Waals surface area contributed by atoms with Crippen molar-refractivity contribution < 1.29 is 53.0 Å². The summed E-state index contributed by atoms with van der Waals surface area (Å²) in [6.07, 6.45) is 1.33. The van der Waals surface area contributed by atoms with Gasteiger partial charge in [0.2, 0.25) is 0 Å². The van der Waals surface area contributed by atoms with E-state index in [1.807, 2.05) is 0 Å². The van der Waals surface area contributed by atoms with Gasteiger partial charge in [-0.15, -0.1) is 0 Å². The highest BCUT2D eigenvalue weighted by atomic mass is 16.7. The van der Waals surface area contributed by atoms with Gasteiger partial charge in [-0.2, -0.15) is 0 Å². The highest BCUT2D eigenvalue weighted by molar-refractivity contribution is 5.87. The Morgan fingerprint density at radius 1 is 0.889 bits per heavy atom. The van der Waals surface area contributed by atoms with Crippen LogP contribution in [0.1, 0.15) is 127 Å². The van der Waals surface area contributed by atoms with Gasteiger partial charge >= 0.3 is 11.9 Å². The summed E-state index contributed by atoms with van der Waals surface area (Å²) < 4.78 is 37.2. The van der Waals surface area contributed by atoms with E-state index in [2.05, 4.69) is 27.7 Å². The monoisotopic (exact) mass is 760 g/mol. The Kier molecular flexibility index (Phi) is 10.5. The van der Waals surface area contributed by atoms with E-state index in [4.69, 9.17) is 28.4 Å². The van der Waals surface area contributed by atoms with Gasteiger partial charge in [0.25, 0.3) is 0 Å². The van der Waals surface area contributed by atoms with Gasteiger partial charge in [0.1, 0.15) is 30.7 Å². The summed E-state index contributed by atoms with van der Waals surface area (Å²) in [6.45, 7) is 19.9. The van der Waals surface area contributed by atoms with Gasteiger partial charge in [0.05, 0.1) is 29.6 Å². The summed E-state index contributed by atoms with van der Waals surface area (Å²) >= 11 is 0. The third-order valence-electron chi connectivity index (χ3n) is 15.6. The van der Waals surface area contributed by atoms with E-state index in [1.54, 1.807) is 41.5 Å². The van der Waals surface area contributed by atoms with Crippen LogP contribution in [0.15, 0.2) is 0 Å². The van der Waals surface area contributed by atoms with Gasteiger partial charge in [-0.05, 0) is 121 Å². The fourth-order valence-corrected chi connectivity index (χ4v) is 12.2. The zero-order valence-corrected chi connectivity index (χ0v) is 34.4. The highest BCUT2D eigenvalue weighted by Gasteiger charge is 2.72. The zero-order valence-electron chi connectivity index (χ0n) is 34.4. The maximum Gasteiger partial charge on any atom is 0.311 e. The van der Waals surface area contributed by atoms with Crippen LogP contribution >= 0.6 is 0 Å². The predicted molar refractivity (Wildman–Crippen MR) is 197 cm³/mol. The van der Waals surface area contributed by atoms with Crippen LogP contribution < -0.4 is 0 Å². The second kappa shape index (κ2) is 14.0. The summed E-state index contributed by atoms with van der Waals surface area (Å²) in [5.74, 6) is 1.13. The Balaban J connectivity index is 1.04. The minimum absolute atomic E-state index is 0.0233. The number of ketones is 1. The van der Waals surface area contributed by atoms with Crippen molar-refractivity contribution in [2.45, 2.75) is 176 Å². The maximum absolute atomic E-state index is 14.6. The number of hydrogen-bond donors (Lipinski definition) is 2. The maximum atomic E-state index is 14.6. The second-order valence-corrected chi connectivity index (χ2v) is 21.1. The first kappa shape index (κ1) is 40.6. The standard InChI is InChI=1S/C43H68O11/c1-22-13-16-43(50-20-22)23(2)32-29(54-43)18-28-26-12-11-24-17-25(14-15-41(24,9)27(26)19-31(44)42(28,32)10)51-36-34(46)35(53-38(48)40(6,7)8)33(45)30(52-36)21-49-37(47)39(3,4)5/h22-30,32-36,45-46H,11-21H2,1-10H3/t22-,23+,24+,25+,26-,27+,28+,29+,30-,32+,33-,34-,35+,36-,41+,42-,43-/m1/s1. The van der Waals surface area contributed by atoms with Crippen molar-refractivity contribution in [3.05, 3.63) is 0 Å². The second-order valence-electron chi connectivity index (χ2n) is 21.1. The lowest BCUT2D eigenvalue weighted by molar-refractivity contribution is -0.319. The molecule has 3 heterocycles. The Bertz CT molecular complexity index is 1440. The molecule has 7 fully saturated rings. The van der Waals surface area contributed by atoms with Crippen molar-refractivity contribution in [3.8, 4) is 0 Å². The molecule has 0 aromatic heterocycles. The molecule has 17 atom stereocenters. The van der Waals surface area contributed by atoms with Gasteiger partial charge in [-0.1, -0.05) is 27.7 Å². The summed E-state index contributed by atoms with van der Waals surface area (Å²) in [7, 11) is 0. The van der Waals surface area contributed by atoms with Crippen molar-refractivity contribution in [1.29, 1.82) is 0 Å². The van der Waals surface area contributed by atoms with Gasteiger partial charge in [-0.25, -0.2) is 0 Å². The fourth-order valence-electron chi connectivity index (χ4n) is 12.2. The van der Waals surface area contributed by atoms with E-state index in [-0.39, 0.29) is 36.1 Å². The number of carbonyl (C=O) groups is 3. The Morgan fingerprint density at radius 3 is 2.24 bits per heavy atom. The Morgan fingerprint density at radius 2 is 1.59 bits per heavy atom. The largest absolute Gasteiger partial charge is 0.462 e. The van der Waals surface area contributed by atoms with Crippen molar-refractivity contribution in [2.24, 2.45) is 63.1 Å². The summed E-state index contributed by atoms with van der Waals surface area (Å²) in [5, 5.41) is 22.7. The Labute approximate surface area is 322 Å². The van der Waals surface area contributed by atoms with E-state index in [0.29, 0.717) is 41.8 Å². The van der Waals surface area contributed by atoms with E-state index in [1.165, 1.54) is 0 Å². The molecule has 54 heavy (non-hydrogen) atoms. The van der Waals surface area contributed by atoms with E-state index in [0.717, 1.165) is 58.0 Å². The smallest absolute Gasteiger partial charge is 0.311 e. The third-order valence-corrected chi connectivity index (χ3v) is 15.6. The molecule has 0 bridgehead atoms. The average Bonchev–Trinajstić information content (AvgIpc) is 3.54. The average molecular weight is 761 g/mol. The number of Topliss-reactive ketones (excluding diaryl/α,β-unsaturated/α-hetero) is 1. The molecule has 306 valence electrons. The predicted octanol–water partition coefficient (Wildman–Crippen LogP) is 5.99. The molecule has 0 unspecified atom stereocenters. The normalized spacial score (nSPS) is 49.1. The van der Waals surface area contributed by atoms with Crippen LogP contribution in [0.2, 0.25) is 0 Å². The topological polar surface area (TPSA) is 147 Å². The van der Waals surface area contributed by atoms with Crippen molar-refractivity contribution in [2.75, 3.05) is 13.2 Å². The van der Waals surface area contributed by atoms with Crippen molar-refractivity contribution in [3.63, 3.8) is 0 Å². The number of aliphatic hydroxyl groups is 2. The molecule has 4 saturated carbocycles. The van der Waals surface area contributed by atoms with Crippen LogP contribution in [0.5, 0.6) is 0 Å². The van der Waals surface area contributed by atoms with E-state index < -0.39 is 64.7 Å². The van der Waals surface area contributed by atoms with E-state index in [9.17, 15) is 24.6 Å². The van der Waals surface area contributed by atoms with Crippen LogP contribution in [0.3, 0.4) is 0 Å². The molecular formula is C43H68O11. The summed E-state index contributed by atoms with van der Waals surface area (Å²) in [5.41, 5.74) is -2.06. The zero-order chi connectivity index (χ0) is 39.3. The van der Waals surface area contributed by atoms with Crippen LogP contribution in [0, 0.1) is 63.1 Å². The molecule has 2 N–H and O–H groups in total. The van der Waals surface area contributed by atoms with Crippen LogP contribution in [0.4, 0.5) is 0 Å². The number of aliphatic hydroxyl groups excluding tert-OH is 2. The first-order chi connectivity index (χ1) is 25.1. The van der Waals surface area contributed by atoms with Gasteiger partial charge in [-0.3, -0.25) is 14.4 Å². The molecule has 0 aromatic carbocycles. The molecular weight excluding hydrogens is 692 g/mol. The Hall–Kier alpha value is -1.63. The van der Waals surface area contributed by atoms with Crippen molar-refractivity contribution >= 4 is 17.7 Å². The number of hydrogen-bond acceptors (Lipinski definition) is 11. The summed E-state index contributed by atoms with van der Waals surface area (Å²) in [6, 6.07) is 0. The minimum atomic E-state index is -1.45. The molecule has 1 spiro atoms. The molecule has 11 nitrogen and oxygen atoms in total. The van der Waals surface area contributed by atoms with Crippen molar-refractivity contribution in [1.82, 2.24) is 0 Å². The first-order valence-electron chi connectivity index (χ1n) is 21.0. The highest BCUT2D eigenvalue weighted by Crippen LogP contribution is 2.70. The number of fused-ring (bicyclic) bond motifs is 7. The van der Waals surface area contributed by atoms with Gasteiger partial charge in [0.15, 0.2) is 18.2 Å². The van der Waals surface area contributed by atoms with Crippen LogP contribution in [0.25, 0.3) is 0 Å². The van der Waals surface area contributed by atoms with Gasteiger partial charge in [0, 0.05) is 30.1 Å². The molecule has 11 heteroatoms. The molecule has 4 aliphatic carbocycles.